The molecular weight excluding hydrogens is 256 g/mol. The van der Waals surface area contributed by atoms with Crippen LogP contribution in [0.1, 0.15) is 35.7 Å². The SMILES string of the molecule is CC1(C(=O)NCc2cccc(C(=O)O)c2)CCNCC1. The number of benzene rings is 1. The van der Waals surface area contributed by atoms with Gasteiger partial charge in [0.05, 0.1) is 5.56 Å². The van der Waals surface area contributed by atoms with Crippen molar-refractivity contribution in [1.29, 1.82) is 0 Å². The third kappa shape index (κ3) is 3.36. The van der Waals surface area contributed by atoms with E-state index in [9.17, 15) is 9.59 Å². The van der Waals surface area contributed by atoms with Crippen molar-refractivity contribution in [3.8, 4) is 0 Å². The molecule has 108 valence electrons. The van der Waals surface area contributed by atoms with Crippen molar-refractivity contribution in [2.75, 3.05) is 13.1 Å². The number of carbonyl (C=O) groups is 2. The molecule has 20 heavy (non-hydrogen) atoms. The molecule has 1 aromatic carbocycles. The van der Waals surface area contributed by atoms with Gasteiger partial charge in [-0.1, -0.05) is 19.1 Å². The molecule has 0 aliphatic carbocycles. The van der Waals surface area contributed by atoms with Crippen LogP contribution in [0.25, 0.3) is 0 Å². The van der Waals surface area contributed by atoms with E-state index < -0.39 is 5.97 Å². The number of carbonyl (C=O) groups excluding carboxylic acids is 1. The summed E-state index contributed by atoms with van der Waals surface area (Å²) in [5, 5.41) is 15.1. The minimum absolute atomic E-state index is 0.0414. The number of hydrogen-bond donors (Lipinski definition) is 3. The van der Waals surface area contributed by atoms with Crippen molar-refractivity contribution >= 4 is 11.9 Å². The van der Waals surface area contributed by atoms with Crippen LogP contribution in [0.5, 0.6) is 0 Å². The highest BCUT2D eigenvalue weighted by Gasteiger charge is 2.34. The molecule has 0 unspecified atom stereocenters. The number of hydrogen-bond acceptors (Lipinski definition) is 3. The second kappa shape index (κ2) is 6.05. The van der Waals surface area contributed by atoms with E-state index in [2.05, 4.69) is 10.6 Å². The normalized spacial score (nSPS) is 17.4. The Bertz CT molecular complexity index is 508. The summed E-state index contributed by atoms with van der Waals surface area (Å²) < 4.78 is 0. The maximum atomic E-state index is 12.3. The Kier molecular flexibility index (Phi) is 4.39. The number of piperidine rings is 1. The highest BCUT2D eigenvalue weighted by molar-refractivity contribution is 5.87. The number of amides is 1. The van der Waals surface area contributed by atoms with Gasteiger partial charge in [0.2, 0.25) is 5.91 Å². The Morgan fingerprint density at radius 1 is 1.35 bits per heavy atom. The Balaban J connectivity index is 1.96. The molecule has 5 heteroatoms. The molecule has 1 heterocycles. The van der Waals surface area contributed by atoms with Crippen LogP contribution >= 0.6 is 0 Å². The largest absolute Gasteiger partial charge is 0.478 e. The summed E-state index contributed by atoms with van der Waals surface area (Å²) in [5.41, 5.74) is 0.718. The number of rotatable bonds is 4. The molecule has 0 bridgehead atoms. The molecule has 5 nitrogen and oxygen atoms in total. The van der Waals surface area contributed by atoms with E-state index in [1.54, 1.807) is 18.2 Å². The van der Waals surface area contributed by atoms with Crippen molar-refractivity contribution in [3.05, 3.63) is 35.4 Å². The molecule has 0 saturated carbocycles. The summed E-state index contributed by atoms with van der Waals surface area (Å²) in [6.07, 6.45) is 1.65. The first kappa shape index (κ1) is 14.5. The third-order valence-corrected chi connectivity index (χ3v) is 3.88. The van der Waals surface area contributed by atoms with Gasteiger partial charge in [0, 0.05) is 12.0 Å². The van der Waals surface area contributed by atoms with Crippen molar-refractivity contribution < 1.29 is 14.7 Å². The van der Waals surface area contributed by atoms with Crippen LogP contribution in [-0.4, -0.2) is 30.1 Å². The average molecular weight is 276 g/mol. The summed E-state index contributed by atoms with van der Waals surface area (Å²) in [6, 6.07) is 6.64. The Labute approximate surface area is 118 Å². The van der Waals surface area contributed by atoms with Crippen LogP contribution < -0.4 is 10.6 Å². The Hall–Kier alpha value is -1.88. The third-order valence-electron chi connectivity index (χ3n) is 3.88. The standard InChI is InChI=1S/C15H20N2O3/c1-15(5-7-16-8-6-15)14(20)17-10-11-3-2-4-12(9-11)13(18)19/h2-4,9,16H,5-8,10H2,1H3,(H,17,20)(H,18,19). The Morgan fingerprint density at radius 2 is 2.05 bits per heavy atom. The minimum atomic E-state index is -0.955. The van der Waals surface area contributed by atoms with Crippen molar-refractivity contribution in [1.82, 2.24) is 10.6 Å². The van der Waals surface area contributed by atoms with Crippen LogP contribution in [-0.2, 0) is 11.3 Å². The maximum absolute atomic E-state index is 12.3. The molecule has 1 aliphatic heterocycles. The van der Waals surface area contributed by atoms with Gasteiger partial charge in [0.15, 0.2) is 0 Å². The predicted octanol–water partition coefficient (Wildman–Crippen LogP) is 1.39. The van der Waals surface area contributed by atoms with Gasteiger partial charge in [-0.05, 0) is 43.6 Å². The molecule has 0 spiro atoms. The van der Waals surface area contributed by atoms with Gasteiger partial charge in [-0.3, -0.25) is 4.79 Å². The van der Waals surface area contributed by atoms with E-state index in [1.807, 2.05) is 13.0 Å². The van der Waals surface area contributed by atoms with E-state index in [4.69, 9.17) is 5.11 Å². The molecule has 1 fully saturated rings. The topological polar surface area (TPSA) is 78.4 Å². The quantitative estimate of drug-likeness (QED) is 0.776. The summed E-state index contributed by atoms with van der Waals surface area (Å²) in [5.74, 6) is -0.914. The number of aromatic carboxylic acids is 1. The van der Waals surface area contributed by atoms with Gasteiger partial charge < -0.3 is 15.7 Å². The molecule has 3 N–H and O–H groups in total. The van der Waals surface area contributed by atoms with Gasteiger partial charge in [0.25, 0.3) is 0 Å². The summed E-state index contributed by atoms with van der Waals surface area (Å²) in [6.45, 7) is 4.07. The van der Waals surface area contributed by atoms with Crippen molar-refractivity contribution in [2.24, 2.45) is 5.41 Å². The van der Waals surface area contributed by atoms with Crippen molar-refractivity contribution in [2.45, 2.75) is 26.3 Å². The van der Waals surface area contributed by atoms with Crippen LogP contribution in [0.15, 0.2) is 24.3 Å². The van der Waals surface area contributed by atoms with E-state index in [0.29, 0.717) is 6.54 Å². The average Bonchev–Trinajstić information content (AvgIpc) is 2.45. The van der Waals surface area contributed by atoms with Gasteiger partial charge in [-0.2, -0.15) is 0 Å². The zero-order chi connectivity index (χ0) is 14.6. The first-order valence-electron chi connectivity index (χ1n) is 6.82. The number of carboxylic acids is 1. The summed E-state index contributed by atoms with van der Waals surface area (Å²) in [7, 11) is 0. The van der Waals surface area contributed by atoms with Crippen LogP contribution in [0.2, 0.25) is 0 Å². The van der Waals surface area contributed by atoms with E-state index >= 15 is 0 Å². The lowest BCUT2D eigenvalue weighted by atomic mass is 9.80. The molecule has 0 aromatic heterocycles. The lowest BCUT2D eigenvalue weighted by molar-refractivity contribution is -0.131. The molecular formula is C15H20N2O3. The van der Waals surface area contributed by atoms with Gasteiger partial charge in [-0.25, -0.2) is 4.79 Å². The molecule has 0 radical (unpaired) electrons. The summed E-state index contributed by atoms with van der Waals surface area (Å²) >= 11 is 0. The molecule has 1 aromatic rings. The Morgan fingerprint density at radius 3 is 2.70 bits per heavy atom. The fraction of sp³-hybridized carbons (Fsp3) is 0.467. The van der Waals surface area contributed by atoms with Crippen LogP contribution in [0, 0.1) is 5.41 Å². The second-order valence-corrected chi connectivity index (χ2v) is 5.50. The lowest BCUT2D eigenvalue weighted by Gasteiger charge is -2.32. The zero-order valence-electron chi connectivity index (χ0n) is 11.6. The van der Waals surface area contributed by atoms with Crippen molar-refractivity contribution in [3.63, 3.8) is 0 Å². The van der Waals surface area contributed by atoms with E-state index in [-0.39, 0.29) is 16.9 Å². The molecule has 1 aliphatic rings. The fourth-order valence-corrected chi connectivity index (χ4v) is 2.42. The smallest absolute Gasteiger partial charge is 0.335 e. The molecule has 1 amide bonds. The van der Waals surface area contributed by atoms with Gasteiger partial charge in [0.1, 0.15) is 0 Å². The van der Waals surface area contributed by atoms with Crippen LogP contribution in [0.3, 0.4) is 0 Å². The predicted molar refractivity (Wildman–Crippen MR) is 75.5 cm³/mol. The molecule has 1 saturated heterocycles. The molecule has 0 atom stereocenters. The monoisotopic (exact) mass is 276 g/mol. The zero-order valence-corrected chi connectivity index (χ0v) is 11.6. The second-order valence-electron chi connectivity index (χ2n) is 5.50. The molecule has 2 rings (SSSR count). The first-order valence-corrected chi connectivity index (χ1v) is 6.82. The highest BCUT2D eigenvalue weighted by Crippen LogP contribution is 2.28. The number of nitrogens with one attached hydrogen (secondary N) is 2. The maximum Gasteiger partial charge on any atom is 0.335 e. The fourth-order valence-electron chi connectivity index (χ4n) is 2.42. The van der Waals surface area contributed by atoms with Gasteiger partial charge in [-0.15, -0.1) is 0 Å². The number of carboxylic acid groups (broad SMARTS) is 1. The lowest BCUT2D eigenvalue weighted by Crippen LogP contribution is -2.45. The minimum Gasteiger partial charge on any atom is -0.478 e. The highest BCUT2D eigenvalue weighted by atomic mass is 16.4. The van der Waals surface area contributed by atoms with E-state index in [1.165, 1.54) is 0 Å². The van der Waals surface area contributed by atoms with Crippen LogP contribution in [0.4, 0.5) is 0 Å². The first-order chi connectivity index (χ1) is 9.51. The van der Waals surface area contributed by atoms with E-state index in [0.717, 1.165) is 31.5 Å². The summed E-state index contributed by atoms with van der Waals surface area (Å²) in [4.78, 5) is 23.2. The van der Waals surface area contributed by atoms with Gasteiger partial charge >= 0.3 is 5.97 Å².